The van der Waals surface area contributed by atoms with Gasteiger partial charge in [-0.1, -0.05) is 12.1 Å². The molecule has 0 aliphatic rings. The van der Waals surface area contributed by atoms with Gasteiger partial charge < -0.3 is 10.1 Å². The van der Waals surface area contributed by atoms with E-state index >= 15 is 0 Å². The Morgan fingerprint density at radius 3 is 2.77 bits per heavy atom. The van der Waals surface area contributed by atoms with Gasteiger partial charge in [-0.15, -0.1) is 11.3 Å². The van der Waals surface area contributed by atoms with Crippen molar-refractivity contribution in [2.75, 3.05) is 12.4 Å². The first-order valence-electron chi connectivity index (χ1n) is 8.22. The first-order chi connectivity index (χ1) is 12.5. The summed E-state index contributed by atoms with van der Waals surface area (Å²) in [5, 5.41) is 7.37. The topological polar surface area (TPSA) is 64.9 Å². The average Bonchev–Trinajstić information content (AvgIpc) is 3.17. The van der Waals surface area contributed by atoms with E-state index in [1.54, 1.807) is 29.3 Å². The molecule has 4 aromatic rings. The van der Waals surface area contributed by atoms with Gasteiger partial charge in [-0.3, -0.25) is 4.68 Å². The second kappa shape index (κ2) is 6.42. The Bertz CT molecular complexity index is 1100. The summed E-state index contributed by atoms with van der Waals surface area (Å²) >= 11 is 1.69. The van der Waals surface area contributed by atoms with Gasteiger partial charge in [-0.05, 0) is 25.5 Å². The second-order valence-corrected chi connectivity index (χ2v) is 7.43. The van der Waals surface area contributed by atoms with Crippen LogP contribution in [0.25, 0.3) is 21.3 Å². The quantitative estimate of drug-likeness (QED) is 0.578. The number of hydrogen-bond acceptors (Lipinski definition) is 6. The van der Waals surface area contributed by atoms with Gasteiger partial charge in [0, 0.05) is 29.2 Å². The lowest BCUT2D eigenvalue weighted by atomic mass is 10.0. The molecule has 0 aliphatic heterocycles. The molecular weight excluding hydrogens is 346 g/mol. The van der Waals surface area contributed by atoms with Crippen LogP contribution < -0.4 is 10.1 Å². The third-order valence-corrected chi connectivity index (χ3v) is 5.22. The largest absolute Gasteiger partial charge is 0.496 e. The van der Waals surface area contributed by atoms with Gasteiger partial charge in [-0.25, -0.2) is 9.97 Å². The van der Waals surface area contributed by atoms with Crippen LogP contribution in [0.1, 0.15) is 10.4 Å². The molecule has 0 aliphatic carbocycles. The molecule has 0 saturated heterocycles. The van der Waals surface area contributed by atoms with Gasteiger partial charge in [0.15, 0.2) is 0 Å². The zero-order valence-corrected chi connectivity index (χ0v) is 15.9. The van der Waals surface area contributed by atoms with Gasteiger partial charge in [0.05, 0.1) is 35.4 Å². The first kappa shape index (κ1) is 16.5. The predicted molar refractivity (Wildman–Crippen MR) is 105 cm³/mol. The molecule has 3 heterocycles. The monoisotopic (exact) mass is 365 g/mol. The van der Waals surface area contributed by atoms with E-state index in [2.05, 4.69) is 41.4 Å². The summed E-state index contributed by atoms with van der Waals surface area (Å²) in [5.41, 5.74) is 5.09. The van der Waals surface area contributed by atoms with Crippen LogP contribution in [0.2, 0.25) is 0 Å². The van der Waals surface area contributed by atoms with Crippen LogP contribution in [0.5, 0.6) is 5.75 Å². The molecule has 0 saturated carbocycles. The molecule has 1 aromatic carbocycles. The van der Waals surface area contributed by atoms with Crippen molar-refractivity contribution in [1.29, 1.82) is 0 Å². The van der Waals surface area contributed by atoms with Crippen LogP contribution in [0.3, 0.4) is 0 Å². The summed E-state index contributed by atoms with van der Waals surface area (Å²) in [6.07, 6.45) is 5.50. The Hall–Kier alpha value is -2.93. The number of aromatic nitrogens is 4. The minimum atomic E-state index is 0.552. The Morgan fingerprint density at radius 2 is 2.04 bits per heavy atom. The van der Waals surface area contributed by atoms with E-state index in [4.69, 9.17) is 9.72 Å². The summed E-state index contributed by atoms with van der Waals surface area (Å²) in [6.45, 7) is 4.16. The van der Waals surface area contributed by atoms with Crippen LogP contribution in [0.15, 0.2) is 36.8 Å². The maximum absolute atomic E-state index is 5.62. The fourth-order valence-electron chi connectivity index (χ4n) is 3.00. The third kappa shape index (κ3) is 2.90. The number of rotatable bonds is 4. The Labute approximate surface area is 155 Å². The fourth-order valence-corrected chi connectivity index (χ4v) is 3.99. The smallest absolute Gasteiger partial charge is 0.227 e. The average molecular weight is 365 g/mol. The molecule has 0 unspecified atom stereocenters. The Morgan fingerprint density at radius 1 is 1.19 bits per heavy atom. The number of thiophene rings is 1. The minimum absolute atomic E-state index is 0.552. The Kier molecular flexibility index (Phi) is 4.08. The number of anilines is 2. The molecule has 1 N–H and O–H groups in total. The van der Waals surface area contributed by atoms with E-state index in [9.17, 15) is 0 Å². The molecule has 132 valence electrons. The number of fused-ring (bicyclic) bond motifs is 1. The number of benzene rings is 1. The standard InChI is InChI=1S/C19H19N5OS/c1-11-5-6-14(15(7-11)25-4)17-12(2)26-16-9-20-19(23-18(16)17)22-13-8-21-24(3)10-13/h5-10H,1-4H3,(H,20,22,23). The van der Waals surface area contributed by atoms with Crippen molar-refractivity contribution in [2.45, 2.75) is 13.8 Å². The van der Waals surface area contributed by atoms with E-state index in [1.807, 2.05) is 25.5 Å². The van der Waals surface area contributed by atoms with Gasteiger partial charge in [-0.2, -0.15) is 5.10 Å². The fraction of sp³-hybridized carbons (Fsp3) is 0.211. The lowest BCUT2D eigenvalue weighted by Gasteiger charge is -2.10. The van der Waals surface area contributed by atoms with Crippen LogP contribution in [-0.2, 0) is 7.05 Å². The molecule has 0 radical (unpaired) electrons. The summed E-state index contributed by atoms with van der Waals surface area (Å²) < 4.78 is 8.40. The van der Waals surface area contributed by atoms with Gasteiger partial charge in [0.25, 0.3) is 0 Å². The van der Waals surface area contributed by atoms with Crippen molar-refractivity contribution in [3.8, 4) is 16.9 Å². The number of hydrogen-bond donors (Lipinski definition) is 1. The van der Waals surface area contributed by atoms with Crippen LogP contribution in [0, 0.1) is 13.8 Å². The highest BCUT2D eigenvalue weighted by molar-refractivity contribution is 7.19. The van der Waals surface area contributed by atoms with Crippen molar-refractivity contribution >= 4 is 33.2 Å². The summed E-state index contributed by atoms with van der Waals surface area (Å²) in [7, 11) is 3.58. The second-order valence-electron chi connectivity index (χ2n) is 6.17. The molecule has 26 heavy (non-hydrogen) atoms. The molecule has 4 rings (SSSR count). The van der Waals surface area contributed by atoms with E-state index in [-0.39, 0.29) is 0 Å². The highest BCUT2D eigenvalue weighted by Gasteiger charge is 2.17. The first-order valence-corrected chi connectivity index (χ1v) is 9.03. The van der Waals surface area contributed by atoms with Crippen molar-refractivity contribution in [2.24, 2.45) is 7.05 Å². The number of nitrogens with one attached hydrogen (secondary N) is 1. The number of ether oxygens (including phenoxy) is 1. The predicted octanol–water partition coefficient (Wildman–Crippen LogP) is 4.46. The Balaban J connectivity index is 1.84. The minimum Gasteiger partial charge on any atom is -0.496 e. The van der Waals surface area contributed by atoms with E-state index in [0.717, 1.165) is 38.3 Å². The molecule has 3 aromatic heterocycles. The molecule has 6 nitrogen and oxygen atoms in total. The summed E-state index contributed by atoms with van der Waals surface area (Å²) in [5.74, 6) is 1.41. The van der Waals surface area contributed by atoms with E-state index in [1.165, 1.54) is 4.88 Å². The van der Waals surface area contributed by atoms with Crippen molar-refractivity contribution in [3.05, 3.63) is 47.2 Å². The van der Waals surface area contributed by atoms with Crippen LogP contribution >= 0.6 is 11.3 Å². The van der Waals surface area contributed by atoms with Crippen LogP contribution in [-0.4, -0.2) is 26.9 Å². The number of methoxy groups -OCH3 is 1. The molecule has 0 spiro atoms. The highest BCUT2D eigenvalue weighted by atomic mass is 32.1. The summed E-state index contributed by atoms with van der Waals surface area (Å²) in [6, 6.07) is 6.24. The maximum Gasteiger partial charge on any atom is 0.227 e. The molecule has 7 heteroatoms. The molecule has 0 fully saturated rings. The number of aryl methyl sites for hydroxylation is 3. The molecule has 0 amide bonds. The molecular formula is C19H19N5OS. The van der Waals surface area contributed by atoms with Gasteiger partial charge in [0.1, 0.15) is 5.75 Å². The van der Waals surface area contributed by atoms with Crippen molar-refractivity contribution in [1.82, 2.24) is 19.7 Å². The third-order valence-electron chi connectivity index (χ3n) is 4.19. The van der Waals surface area contributed by atoms with Gasteiger partial charge >= 0.3 is 0 Å². The van der Waals surface area contributed by atoms with Crippen molar-refractivity contribution < 1.29 is 4.74 Å². The zero-order valence-electron chi connectivity index (χ0n) is 15.1. The number of nitrogens with zero attached hydrogens (tertiary/aromatic N) is 4. The highest BCUT2D eigenvalue weighted by Crippen LogP contribution is 2.41. The lowest BCUT2D eigenvalue weighted by Crippen LogP contribution is -1.96. The van der Waals surface area contributed by atoms with Gasteiger partial charge in [0.2, 0.25) is 5.95 Å². The molecule has 0 bridgehead atoms. The normalized spacial score (nSPS) is 11.1. The summed E-state index contributed by atoms with van der Waals surface area (Å²) in [4.78, 5) is 10.4. The molecule has 0 atom stereocenters. The SMILES string of the molecule is COc1cc(C)ccc1-c1c(C)sc2cnc(Nc3cnn(C)c3)nc12. The van der Waals surface area contributed by atoms with Crippen LogP contribution in [0.4, 0.5) is 11.6 Å². The maximum atomic E-state index is 5.62. The van der Waals surface area contributed by atoms with Crippen molar-refractivity contribution in [3.63, 3.8) is 0 Å². The van der Waals surface area contributed by atoms with E-state index in [0.29, 0.717) is 5.95 Å². The van der Waals surface area contributed by atoms with E-state index < -0.39 is 0 Å². The lowest BCUT2D eigenvalue weighted by molar-refractivity contribution is 0.416. The zero-order chi connectivity index (χ0) is 18.3.